The second kappa shape index (κ2) is 6.86. The molecule has 0 aromatic heterocycles. The van der Waals surface area contributed by atoms with Gasteiger partial charge in [0.1, 0.15) is 0 Å². The van der Waals surface area contributed by atoms with Crippen LogP contribution in [0.25, 0.3) is 0 Å². The van der Waals surface area contributed by atoms with Crippen LogP contribution in [0, 0.1) is 17.8 Å². The molecule has 1 heterocycles. The van der Waals surface area contributed by atoms with Crippen LogP contribution in [0.15, 0.2) is 0 Å². The van der Waals surface area contributed by atoms with E-state index >= 15 is 0 Å². The molecule has 0 saturated carbocycles. The topological polar surface area (TPSA) is 15.3 Å². The van der Waals surface area contributed by atoms with Crippen LogP contribution in [0.2, 0.25) is 0 Å². The van der Waals surface area contributed by atoms with Crippen LogP contribution in [0.3, 0.4) is 0 Å². The second-order valence-corrected chi connectivity index (χ2v) is 3.99. The van der Waals surface area contributed by atoms with E-state index in [1.165, 1.54) is 32.5 Å². The molecule has 0 aromatic rings. The van der Waals surface area contributed by atoms with Crippen molar-refractivity contribution in [3.8, 4) is 11.8 Å². The maximum atomic E-state index is 3.26. The smallest absolute Gasteiger partial charge is 0.0574 e. The number of nitrogens with zero attached hydrogens (tertiary/aromatic N) is 1. The van der Waals surface area contributed by atoms with Gasteiger partial charge >= 0.3 is 0 Å². The van der Waals surface area contributed by atoms with Crippen LogP contribution < -0.4 is 5.32 Å². The highest BCUT2D eigenvalue weighted by atomic mass is 15.1. The highest BCUT2D eigenvalue weighted by molar-refractivity contribution is 5.02. The van der Waals surface area contributed by atoms with Crippen molar-refractivity contribution in [3.63, 3.8) is 0 Å². The maximum Gasteiger partial charge on any atom is 0.0574 e. The van der Waals surface area contributed by atoms with E-state index in [-0.39, 0.29) is 0 Å². The minimum absolute atomic E-state index is 0.813. The molecule has 0 radical (unpaired) electrons. The predicted octanol–water partition coefficient (Wildman–Crippen LogP) is 1.33. The fraction of sp³-hybridized carbons (Fsp3) is 0.833. The SMILES string of the molecule is CCN1CCCC(CC#CCNC)C1. The lowest BCUT2D eigenvalue weighted by molar-refractivity contribution is 0.185. The molecule has 0 amide bonds. The minimum Gasteiger partial charge on any atom is -0.309 e. The van der Waals surface area contributed by atoms with E-state index in [4.69, 9.17) is 0 Å². The molecule has 1 aliphatic heterocycles. The van der Waals surface area contributed by atoms with E-state index in [0.717, 1.165) is 18.9 Å². The molecule has 0 spiro atoms. The van der Waals surface area contributed by atoms with E-state index in [0.29, 0.717) is 0 Å². The van der Waals surface area contributed by atoms with E-state index in [9.17, 15) is 0 Å². The standard InChI is InChI=1S/C12H22N2/c1-3-14-10-6-8-12(11-14)7-4-5-9-13-2/h12-13H,3,6-11H2,1-2H3. The first kappa shape index (κ1) is 11.6. The van der Waals surface area contributed by atoms with E-state index in [1.807, 2.05) is 7.05 Å². The normalized spacial score (nSPS) is 22.9. The molecule has 80 valence electrons. The number of piperidine rings is 1. The van der Waals surface area contributed by atoms with Crippen LogP contribution in [-0.2, 0) is 0 Å². The summed E-state index contributed by atoms with van der Waals surface area (Å²) in [6.45, 7) is 6.81. The fourth-order valence-electron chi connectivity index (χ4n) is 1.97. The molecule has 1 atom stereocenters. The van der Waals surface area contributed by atoms with Gasteiger partial charge in [0.2, 0.25) is 0 Å². The van der Waals surface area contributed by atoms with E-state index in [1.54, 1.807) is 0 Å². The van der Waals surface area contributed by atoms with Gasteiger partial charge in [-0.1, -0.05) is 12.8 Å². The van der Waals surface area contributed by atoms with Gasteiger partial charge in [-0.05, 0) is 38.9 Å². The monoisotopic (exact) mass is 194 g/mol. The molecule has 0 aromatic carbocycles. The Balaban J connectivity index is 2.21. The molecule has 14 heavy (non-hydrogen) atoms. The zero-order chi connectivity index (χ0) is 10.2. The number of hydrogen-bond donors (Lipinski definition) is 1. The summed E-state index contributed by atoms with van der Waals surface area (Å²) in [7, 11) is 1.94. The first-order chi connectivity index (χ1) is 6.86. The Morgan fingerprint density at radius 1 is 1.43 bits per heavy atom. The number of likely N-dealkylation sites (tertiary alicyclic amines) is 1. The van der Waals surface area contributed by atoms with Crippen molar-refractivity contribution >= 4 is 0 Å². The van der Waals surface area contributed by atoms with Crippen molar-refractivity contribution in [2.75, 3.05) is 33.2 Å². The first-order valence-electron chi connectivity index (χ1n) is 5.69. The molecular weight excluding hydrogens is 172 g/mol. The Labute approximate surface area is 88.1 Å². The fourth-order valence-corrected chi connectivity index (χ4v) is 1.97. The Morgan fingerprint density at radius 3 is 3.00 bits per heavy atom. The Morgan fingerprint density at radius 2 is 2.29 bits per heavy atom. The van der Waals surface area contributed by atoms with Crippen LogP contribution in [0.4, 0.5) is 0 Å². The molecule has 0 aliphatic carbocycles. The second-order valence-electron chi connectivity index (χ2n) is 3.99. The lowest BCUT2D eigenvalue weighted by Crippen LogP contribution is -2.34. The van der Waals surface area contributed by atoms with Crippen molar-refractivity contribution in [1.29, 1.82) is 0 Å². The predicted molar refractivity (Wildman–Crippen MR) is 61.2 cm³/mol. The largest absolute Gasteiger partial charge is 0.309 e. The van der Waals surface area contributed by atoms with Crippen molar-refractivity contribution < 1.29 is 0 Å². The third kappa shape index (κ3) is 4.13. The van der Waals surface area contributed by atoms with Crippen molar-refractivity contribution in [2.45, 2.75) is 26.2 Å². The molecule has 1 saturated heterocycles. The molecule has 1 aliphatic rings. The third-order valence-electron chi connectivity index (χ3n) is 2.83. The summed E-state index contributed by atoms with van der Waals surface area (Å²) in [6, 6.07) is 0. The van der Waals surface area contributed by atoms with Crippen molar-refractivity contribution in [1.82, 2.24) is 10.2 Å². The van der Waals surface area contributed by atoms with Crippen molar-refractivity contribution in [2.24, 2.45) is 5.92 Å². The average molecular weight is 194 g/mol. The molecule has 1 unspecified atom stereocenters. The first-order valence-corrected chi connectivity index (χ1v) is 5.69. The van der Waals surface area contributed by atoms with Gasteiger partial charge in [-0.15, -0.1) is 5.92 Å². The third-order valence-corrected chi connectivity index (χ3v) is 2.83. The lowest BCUT2D eigenvalue weighted by atomic mass is 9.95. The van der Waals surface area contributed by atoms with Gasteiger partial charge in [-0.25, -0.2) is 0 Å². The highest BCUT2D eigenvalue weighted by Crippen LogP contribution is 2.18. The summed E-state index contributed by atoms with van der Waals surface area (Å²) in [4.78, 5) is 2.54. The molecular formula is C12H22N2. The van der Waals surface area contributed by atoms with Gasteiger partial charge in [0.25, 0.3) is 0 Å². The molecule has 2 nitrogen and oxygen atoms in total. The lowest BCUT2D eigenvalue weighted by Gasteiger charge is -2.30. The summed E-state index contributed by atoms with van der Waals surface area (Å²) in [5.74, 6) is 7.21. The zero-order valence-corrected chi connectivity index (χ0v) is 9.47. The maximum absolute atomic E-state index is 3.26. The van der Waals surface area contributed by atoms with Gasteiger partial charge < -0.3 is 10.2 Å². The van der Waals surface area contributed by atoms with Gasteiger partial charge in [0.15, 0.2) is 0 Å². The molecule has 1 rings (SSSR count). The van der Waals surface area contributed by atoms with Gasteiger partial charge in [-0.3, -0.25) is 0 Å². The van der Waals surface area contributed by atoms with Gasteiger partial charge in [0, 0.05) is 13.0 Å². The summed E-state index contributed by atoms with van der Waals surface area (Å²) in [5, 5.41) is 3.04. The highest BCUT2D eigenvalue weighted by Gasteiger charge is 2.17. The number of nitrogens with one attached hydrogen (secondary N) is 1. The summed E-state index contributed by atoms with van der Waals surface area (Å²) >= 11 is 0. The molecule has 0 bridgehead atoms. The van der Waals surface area contributed by atoms with Gasteiger partial charge in [0.05, 0.1) is 6.54 Å². The summed E-state index contributed by atoms with van der Waals surface area (Å²) in [5.41, 5.74) is 0. The van der Waals surface area contributed by atoms with Crippen LogP contribution in [-0.4, -0.2) is 38.1 Å². The number of rotatable bonds is 3. The van der Waals surface area contributed by atoms with Crippen LogP contribution >= 0.6 is 0 Å². The minimum atomic E-state index is 0.813. The van der Waals surface area contributed by atoms with Crippen molar-refractivity contribution in [3.05, 3.63) is 0 Å². The van der Waals surface area contributed by atoms with E-state index < -0.39 is 0 Å². The van der Waals surface area contributed by atoms with Gasteiger partial charge in [-0.2, -0.15) is 0 Å². The van der Waals surface area contributed by atoms with Crippen LogP contribution in [0.1, 0.15) is 26.2 Å². The Bertz CT molecular complexity index is 202. The summed E-state index contributed by atoms with van der Waals surface area (Å²) < 4.78 is 0. The quantitative estimate of drug-likeness (QED) is 0.682. The average Bonchev–Trinajstić information content (AvgIpc) is 2.25. The Hall–Kier alpha value is -0.520. The summed E-state index contributed by atoms with van der Waals surface area (Å²) in [6.07, 6.45) is 3.80. The molecule has 1 N–H and O–H groups in total. The number of hydrogen-bond acceptors (Lipinski definition) is 2. The van der Waals surface area contributed by atoms with Crippen LogP contribution in [0.5, 0.6) is 0 Å². The molecule has 2 heteroatoms. The Kier molecular flexibility index (Phi) is 5.66. The molecule has 1 fully saturated rings. The zero-order valence-electron chi connectivity index (χ0n) is 9.47. The van der Waals surface area contributed by atoms with E-state index in [2.05, 4.69) is 29.0 Å².